The van der Waals surface area contributed by atoms with Crippen LogP contribution in [0.25, 0.3) is 0 Å². The van der Waals surface area contributed by atoms with E-state index in [9.17, 15) is 13.2 Å². The second-order valence-corrected chi connectivity index (χ2v) is 4.11. The third-order valence-corrected chi connectivity index (χ3v) is 2.19. The maximum Gasteiger partial charge on any atom is 0.420 e. The lowest BCUT2D eigenvalue weighted by molar-refractivity contribution is -0.207. The fraction of sp³-hybridized carbons (Fsp3) is 0.286. The van der Waals surface area contributed by atoms with Crippen molar-refractivity contribution < 1.29 is 18.3 Å². The summed E-state index contributed by atoms with van der Waals surface area (Å²) in [6.07, 6.45) is -7.31. The van der Waals surface area contributed by atoms with E-state index in [0.29, 0.717) is 3.57 Å². The Labute approximate surface area is 96.2 Å². The van der Waals surface area contributed by atoms with Crippen molar-refractivity contribution in [2.45, 2.75) is 12.3 Å². The largest absolute Gasteiger partial charge is 0.420 e. The number of aromatic nitrogens is 1. The van der Waals surface area contributed by atoms with Gasteiger partial charge in [0, 0.05) is 3.57 Å². The highest BCUT2D eigenvalue weighted by Gasteiger charge is 2.40. The Bertz CT molecular complexity index is 324. The van der Waals surface area contributed by atoms with Gasteiger partial charge < -0.3 is 5.11 Å². The Kier molecular flexibility index (Phi) is 3.59. The summed E-state index contributed by atoms with van der Waals surface area (Å²) in [5.41, 5.74) is -0.491. The topological polar surface area (TPSA) is 33.1 Å². The minimum Gasteiger partial charge on any atom is -0.378 e. The van der Waals surface area contributed by atoms with Gasteiger partial charge in [0.1, 0.15) is 5.15 Å². The lowest BCUT2D eigenvalue weighted by Crippen LogP contribution is -2.21. The zero-order valence-electron chi connectivity index (χ0n) is 6.52. The van der Waals surface area contributed by atoms with E-state index in [1.807, 2.05) is 0 Å². The lowest BCUT2D eigenvalue weighted by atomic mass is 10.2. The van der Waals surface area contributed by atoms with E-state index in [0.717, 1.165) is 6.07 Å². The molecule has 0 aliphatic heterocycles. The van der Waals surface area contributed by atoms with Crippen LogP contribution in [0.3, 0.4) is 0 Å². The molecule has 1 atom stereocenters. The number of aliphatic hydroxyl groups is 1. The first-order chi connectivity index (χ1) is 6.30. The van der Waals surface area contributed by atoms with Crippen molar-refractivity contribution >= 4 is 34.2 Å². The Morgan fingerprint density at radius 2 is 2.00 bits per heavy atom. The molecule has 0 aromatic carbocycles. The van der Waals surface area contributed by atoms with Crippen molar-refractivity contribution in [3.63, 3.8) is 0 Å². The smallest absolute Gasteiger partial charge is 0.378 e. The molecule has 0 bridgehead atoms. The summed E-state index contributed by atoms with van der Waals surface area (Å²) in [7, 11) is 0. The van der Waals surface area contributed by atoms with E-state index in [1.54, 1.807) is 22.6 Å². The number of pyridine rings is 1. The first kappa shape index (κ1) is 12.0. The maximum absolute atomic E-state index is 12.1. The molecule has 7 heteroatoms. The zero-order chi connectivity index (χ0) is 10.9. The van der Waals surface area contributed by atoms with Gasteiger partial charge in [0.05, 0.1) is 5.69 Å². The minimum absolute atomic E-state index is 0.0739. The molecular formula is C7H4ClF3INO. The zero-order valence-corrected chi connectivity index (χ0v) is 9.43. The molecule has 0 radical (unpaired) electrons. The number of rotatable bonds is 1. The molecule has 1 aromatic heterocycles. The summed E-state index contributed by atoms with van der Waals surface area (Å²) >= 11 is 7.24. The van der Waals surface area contributed by atoms with Crippen LogP contribution >= 0.6 is 34.2 Å². The summed E-state index contributed by atoms with van der Waals surface area (Å²) < 4.78 is 36.7. The van der Waals surface area contributed by atoms with Gasteiger partial charge >= 0.3 is 6.18 Å². The quantitative estimate of drug-likeness (QED) is 0.631. The molecule has 1 unspecified atom stereocenters. The molecule has 14 heavy (non-hydrogen) atoms. The number of nitrogens with zero attached hydrogens (tertiary/aromatic N) is 1. The Morgan fingerprint density at radius 3 is 2.43 bits per heavy atom. The molecule has 78 valence electrons. The monoisotopic (exact) mass is 337 g/mol. The Hall–Kier alpha value is -0.0800. The van der Waals surface area contributed by atoms with Crippen LogP contribution in [-0.2, 0) is 0 Å². The number of alkyl halides is 3. The average Bonchev–Trinajstić information content (AvgIpc) is 1.99. The predicted octanol–water partition coefficient (Wildman–Crippen LogP) is 2.94. The summed E-state index contributed by atoms with van der Waals surface area (Å²) in [5, 5.41) is 8.78. The maximum atomic E-state index is 12.1. The fourth-order valence-corrected chi connectivity index (χ4v) is 1.81. The van der Waals surface area contributed by atoms with Gasteiger partial charge in [-0.3, -0.25) is 0 Å². The molecule has 1 N–H and O–H groups in total. The summed E-state index contributed by atoms with van der Waals surface area (Å²) in [6.45, 7) is 0. The van der Waals surface area contributed by atoms with Crippen molar-refractivity contribution in [1.82, 2.24) is 4.98 Å². The van der Waals surface area contributed by atoms with Gasteiger partial charge in [0.15, 0.2) is 6.10 Å². The number of halogens is 5. The van der Waals surface area contributed by atoms with Gasteiger partial charge in [0.2, 0.25) is 0 Å². The average molecular weight is 337 g/mol. The number of hydrogen-bond donors (Lipinski definition) is 1. The minimum atomic E-state index is -4.72. The van der Waals surface area contributed by atoms with E-state index in [4.69, 9.17) is 16.7 Å². The first-order valence-electron chi connectivity index (χ1n) is 3.38. The first-order valence-corrected chi connectivity index (χ1v) is 4.84. The van der Waals surface area contributed by atoms with Gasteiger partial charge in [-0.2, -0.15) is 13.2 Å². The van der Waals surface area contributed by atoms with Gasteiger partial charge in [-0.1, -0.05) is 11.6 Å². The van der Waals surface area contributed by atoms with E-state index in [2.05, 4.69) is 4.98 Å². The van der Waals surface area contributed by atoms with Crippen molar-refractivity contribution in [3.8, 4) is 0 Å². The fourth-order valence-electron chi connectivity index (χ4n) is 0.792. The second kappa shape index (κ2) is 4.19. The molecule has 0 saturated carbocycles. The summed E-state index contributed by atoms with van der Waals surface area (Å²) in [5.74, 6) is 0. The van der Waals surface area contributed by atoms with E-state index >= 15 is 0 Å². The van der Waals surface area contributed by atoms with Gasteiger partial charge in [-0.15, -0.1) is 0 Å². The molecule has 0 spiro atoms. The van der Waals surface area contributed by atoms with Crippen molar-refractivity contribution in [3.05, 3.63) is 26.5 Å². The van der Waals surface area contributed by atoms with Gasteiger partial charge in [-0.05, 0) is 34.7 Å². The Morgan fingerprint density at radius 1 is 1.43 bits per heavy atom. The highest BCUT2D eigenvalue weighted by atomic mass is 127. The molecule has 0 fully saturated rings. The van der Waals surface area contributed by atoms with Crippen LogP contribution in [0.2, 0.25) is 5.15 Å². The van der Waals surface area contributed by atoms with Crippen LogP contribution in [0.5, 0.6) is 0 Å². The van der Waals surface area contributed by atoms with Crippen LogP contribution in [-0.4, -0.2) is 16.3 Å². The van der Waals surface area contributed by atoms with Crippen molar-refractivity contribution in [2.75, 3.05) is 0 Å². The van der Waals surface area contributed by atoms with Crippen LogP contribution in [0, 0.1) is 3.57 Å². The number of aliphatic hydroxyl groups excluding tert-OH is 1. The van der Waals surface area contributed by atoms with Gasteiger partial charge in [0.25, 0.3) is 0 Å². The third kappa shape index (κ3) is 2.96. The van der Waals surface area contributed by atoms with Crippen molar-refractivity contribution in [2.24, 2.45) is 0 Å². The highest BCUT2D eigenvalue weighted by molar-refractivity contribution is 14.1. The molecule has 0 aliphatic rings. The highest BCUT2D eigenvalue weighted by Crippen LogP contribution is 2.32. The standard InChI is InChI=1S/C7H4ClF3INO/c8-5-2-3(12)1-4(13-5)6(14)7(9,10)11/h1-2,6,14H. The van der Waals surface area contributed by atoms with E-state index in [-0.39, 0.29) is 5.15 Å². The van der Waals surface area contributed by atoms with Crippen LogP contribution in [0.1, 0.15) is 11.8 Å². The molecule has 2 nitrogen and oxygen atoms in total. The molecular weight excluding hydrogens is 333 g/mol. The molecule has 1 heterocycles. The van der Waals surface area contributed by atoms with Crippen LogP contribution < -0.4 is 0 Å². The van der Waals surface area contributed by atoms with Crippen LogP contribution in [0.15, 0.2) is 12.1 Å². The normalized spacial score (nSPS) is 14.1. The summed E-state index contributed by atoms with van der Waals surface area (Å²) in [4.78, 5) is 3.39. The molecule has 1 aromatic rings. The SMILES string of the molecule is OC(c1cc(I)cc(Cl)n1)C(F)(F)F. The number of hydrogen-bond acceptors (Lipinski definition) is 2. The molecule has 0 saturated heterocycles. The Balaban J connectivity index is 3.07. The molecule has 0 amide bonds. The lowest BCUT2D eigenvalue weighted by Gasteiger charge is -2.14. The predicted molar refractivity (Wildman–Crippen MR) is 53.0 cm³/mol. The van der Waals surface area contributed by atoms with Crippen LogP contribution in [0.4, 0.5) is 13.2 Å². The van der Waals surface area contributed by atoms with Crippen molar-refractivity contribution in [1.29, 1.82) is 0 Å². The van der Waals surface area contributed by atoms with Gasteiger partial charge in [-0.25, -0.2) is 4.98 Å². The van der Waals surface area contributed by atoms with E-state index < -0.39 is 18.0 Å². The second-order valence-electron chi connectivity index (χ2n) is 2.48. The van der Waals surface area contributed by atoms with E-state index in [1.165, 1.54) is 6.07 Å². The molecule has 0 aliphatic carbocycles. The molecule has 1 rings (SSSR count). The third-order valence-electron chi connectivity index (χ3n) is 1.37. The summed E-state index contributed by atoms with van der Waals surface area (Å²) in [6, 6.07) is 2.53.